The Labute approximate surface area is 130 Å². The van der Waals surface area contributed by atoms with Gasteiger partial charge in [0.15, 0.2) is 8.03 Å². The van der Waals surface area contributed by atoms with Crippen molar-refractivity contribution in [3.05, 3.63) is 35.9 Å². The van der Waals surface area contributed by atoms with Gasteiger partial charge in [-0.25, -0.2) is 0 Å². The molecule has 1 unspecified atom stereocenters. The molecule has 0 fully saturated rings. The largest absolute Gasteiger partial charge is 0.390 e. The predicted octanol–water partition coefficient (Wildman–Crippen LogP) is 0.302. The lowest BCUT2D eigenvalue weighted by Crippen LogP contribution is -2.43. The van der Waals surface area contributed by atoms with E-state index in [0.29, 0.717) is 6.61 Å². The van der Waals surface area contributed by atoms with E-state index >= 15 is 0 Å². The van der Waals surface area contributed by atoms with Crippen LogP contribution in [0.3, 0.4) is 0 Å². The Hall–Kier alpha value is -0.790. The van der Waals surface area contributed by atoms with Crippen LogP contribution in [0, 0.1) is 0 Å². The lowest BCUT2D eigenvalue weighted by Gasteiger charge is -2.23. The van der Waals surface area contributed by atoms with E-state index in [1.165, 1.54) is 7.11 Å². The lowest BCUT2D eigenvalue weighted by molar-refractivity contribution is -0.0787. The van der Waals surface area contributed by atoms with Crippen LogP contribution >= 0.6 is 8.03 Å². The molecule has 8 heteroatoms. The Bertz CT molecular complexity index is 433. The fourth-order valence-electron chi connectivity index (χ4n) is 1.77. The molecule has 0 radical (unpaired) electrons. The first kappa shape index (κ1) is 19.3. The zero-order valence-electron chi connectivity index (χ0n) is 12.5. The summed E-state index contributed by atoms with van der Waals surface area (Å²) >= 11 is 0. The molecule has 7 nitrogen and oxygen atoms in total. The van der Waals surface area contributed by atoms with E-state index in [1.807, 2.05) is 30.3 Å². The number of rotatable bonds is 11. The number of benzene rings is 1. The molecule has 1 aromatic carbocycles. The Morgan fingerprint density at radius 2 is 1.86 bits per heavy atom. The summed E-state index contributed by atoms with van der Waals surface area (Å²) in [5.74, 6) is 0. The normalized spacial score (nSPS) is 16.9. The second-order valence-electron chi connectivity index (χ2n) is 4.86. The monoisotopic (exact) mass is 333 g/mol. The molecule has 22 heavy (non-hydrogen) atoms. The quantitative estimate of drug-likeness (QED) is 0.262. The maximum atomic E-state index is 11.1. The molecule has 4 N–H and O–H groups in total. The summed E-state index contributed by atoms with van der Waals surface area (Å²) in [5, 5.41) is 29.2. The van der Waals surface area contributed by atoms with Crippen LogP contribution < -0.4 is 5.48 Å². The summed E-state index contributed by atoms with van der Waals surface area (Å²) in [5.41, 5.74) is 3.51. The second-order valence-corrected chi connectivity index (χ2v) is 6.52. The van der Waals surface area contributed by atoms with Crippen molar-refractivity contribution in [2.45, 2.75) is 31.3 Å². The molecular weight excluding hydrogens is 309 g/mol. The molecular formula is C14H24NO6P. The van der Waals surface area contributed by atoms with Gasteiger partial charge in [0.1, 0.15) is 6.10 Å². The molecule has 0 aliphatic carbocycles. The van der Waals surface area contributed by atoms with E-state index in [2.05, 4.69) is 10.0 Å². The fourth-order valence-corrected chi connectivity index (χ4v) is 2.50. The van der Waals surface area contributed by atoms with Crippen LogP contribution in [-0.2, 0) is 20.5 Å². The van der Waals surface area contributed by atoms with Crippen LogP contribution in [-0.4, -0.2) is 53.4 Å². The van der Waals surface area contributed by atoms with Crippen molar-refractivity contribution < 1.29 is 29.2 Å². The molecule has 0 bridgehead atoms. The molecule has 0 spiro atoms. The van der Waals surface area contributed by atoms with Gasteiger partial charge in [-0.05, 0) is 12.0 Å². The molecule has 0 aromatic heterocycles. The lowest BCUT2D eigenvalue weighted by atomic mass is 10.1. The topological polar surface area (TPSA) is 108 Å². The minimum atomic E-state index is -2.18. The van der Waals surface area contributed by atoms with Gasteiger partial charge in [0, 0.05) is 19.8 Å². The number of hydrogen-bond acceptors (Lipinski definition) is 7. The molecule has 1 aromatic rings. The van der Waals surface area contributed by atoms with Gasteiger partial charge in [0.05, 0.1) is 18.8 Å². The molecule has 0 heterocycles. The van der Waals surface area contributed by atoms with Gasteiger partial charge < -0.3 is 19.8 Å². The highest BCUT2D eigenvalue weighted by Crippen LogP contribution is 2.22. The fraction of sp³-hybridized carbons (Fsp3) is 0.571. The van der Waals surface area contributed by atoms with E-state index in [1.54, 1.807) is 0 Å². The number of hydrogen-bond donors (Lipinski definition) is 4. The molecule has 126 valence electrons. The van der Waals surface area contributed by atoms with E-state index in [9.17, 15) is 19.9 Å². The molecule has 0 aliphatic rings. The van der Waals surface area contributed by atoms with E-state index in [-0.39, 0.29) is 19.1 Å². The molecule has 0 saturated carbocycles. The third kappa shape index (κ3) is 7.47. The van der Waals surface area contributed by atoms with Crippen molar-refractivity contribution in [2.75, 3.05) is 19.8 Å². The first-order chi connectivity index (χ1) is 10.5. The first-order valence-corrected chi connectivity index (χ1v) is 8.56. The summed E-state index contributed by atoms with van der Waals surface area (Å²) in [6, 6.07) is 9.47. The van der Waals surface area contributed by atoms with Gasteiger partial charge in [-0.1, -0.05) is 30.3 Å². The average Bonchev–Trinajstić information content (AvgIpc) is 2.56. The van der Waals surface area contributed by atoms with Gasteiger partial charge in [-0.3, -0.25) is 9.40 Å². The molecule has 4 atom stereocenters. The van der Waals surface area contributed by atoms with Crippen molar-refractivity contribution in [1.82, 2.24) is 5.48 Å². The summed E-state index contributed by atoms with van der Waals surface area (Å²) < 4.78 is 15.8. The Kier molecular flexibility index (Phi) is 9.50. The molecule has 0 saturated heterocycles. The van der Waals surface area contributed by atoms with Crippen LogP contribution in [0.5, 0.6) is 0 Å². The average molecular weight is 333 g/mol. The van der Waals surface area contributed by atoms with Crippen LogP contribution in [0.2, 0.25) is 0 Å². The second kappa shape index (κ2) is 10.9. The maximum Gasteiger partial charge on any atom is 0.191 e. The number of aliphatic hydroxyl groups is 3. The van der Waals surface area contributed by atoms with Gasteiger partial charge in [-0.15, -0.1) is 0 Å². The van der Waals surface area contributed by atoms with E-state index in [4.69, 9.17) is 4.84 Å². The van der Waals surface area contributed by atoms with Gasteiger partial charge >= 0.3 is 0 Å². The highest BCUT2D eigenvalue weighted by Gasteiger charge is 2.24. The van der Waals surface area contributed by atoms with Crippen molar-refractivity contribution in [1.29, 1.82) is 0 Å². The van der Waals surface area contributed by atoms with Crippen molar-refractivity contribution in [2.24, 2.45) is 0 Å². The van der Waals surface area contributed by atoms with E-state index < -0.39 is 26.3 Å². The summed E-state index contributed by atoms with van der Waals surface area (Å²) in [7, 11) is -0.850. The van der Waals surface area contributed by atoms with Crippen LogP contribution in [0.4, 0.5) is 0 Å². The number of aliphatic hydroxyl groups excluding tert-OH is 3. The minimum absolute atomic E-state index is 0.0372. The highest BCUT2D eigenvalue weighted by molar-refractivity contribution is 7.39. The summed E-state index contributed by atoms with van der Waals surface area (Å²) in [4.78, 5) is 5.17. The van der Waals surface area contributed by atoms with Crippen molar-refractivity contribution in [3.8, 4) is 0 Å². The van der Waals surface area contributed by atoms with Crippen molar-refractivity contribution >= 4 is 8.03 Å². The Balaban J connectivity index is 2.20. The third-order valence-corrected chi connectivity index (χ3v) is 4.29. The SMILES string of the molecule is CO[PH](=O)CC[C@@H](O)[C@@H](O)[C@@H](O)CNOCc1ccccc1. The minimum Gasteiger partial charge on any atom is -0.390 e. The summed E-state index contributed by atoms with van der Waals surface area (Å²) in [6.45, 7) is 0.284. The molecule has 1 rings (SSSR count). The first-order valence-electron chi connectivity index (χ1n) is 7.04. The zero-order chi connectivity index (χ0) is 16.4. The van der Waals surface area contributed by atoms with Crippen LogP contribution in [0.25, 0.3) is 0 Å². The van der Waals surface area contributed by atoms with Crippen LogP contribution in [0.15, 0.2) is 30.3 Å². The molecule has 0 aliphatic heterocycles. The smallest absolute Gasteiger partial charge is 0.191 e. The number of hydroxylamine groups is 1. The zero-order valence-corrected chi connectivity index (χ0v) is 13.5. The predicted molar refractivity (Wildman–Crippen MR) is 82.7 cm³/mol. The van der Waals surface area contributed by atoms with Gasteiger partial charge in [-0.2, -0.15) is 5.48 Å². The van der Waals surface area contributed by atoms with Gasteiger partial charge in [0.25, 0.3) is 0 Å². The Morgan fingerprint density at radius 3 is 2.50 bits per heavy atom. The Morgan fingerprint density at radius 1 is 1.18 bits per heavy atom. The third-order valence-electron chi connectivity index (χ3n) is 3.14. The van der Waals surface area contributed by atoms with Gasteiger partial charge in [0.2, 0.25) is 0 Å². The maximum absolute atomic E-state index is 11.1. The summed E-state index contributed by atoms with van der Waals surface area (Å²) in [6.07, 6.45) is -3.47. The highest BCUT2D eigenvalue weighted by atomic mass is 31.1. The van der Waals surface area contributed by atoms with Crippen LogP contribution in [0.1, 0.15) is 12.0 Å². The molecule has 0 amide bonds. The van der Waals surface area contributed by atoms with E-state index in [0.717, 1.165) is 5.56 Å². The number of nitrogens with one attached hydrogen (secondary N) is 1. The standard InChI is InChI=1S/C14H24NO6P/c1-20-22(19)8-7-12(16)14(18)13(17)9-15-21-10-11-5-3-2-4-6-11/h2-6,12-18,22H,7-10H2,1H3/t12-,13+,14-/m1/s1. The van der Waals surface area contributed by atoms with Crippen molar-refractivity contribution in [3.63, 3.8) is 0 Å².